The number of rotatable bonds is 4. The summed E-state index contributed by atoms with van der Waals surface area (Å²) in [6, 6.07) is 15.6. The highest BCUT2D eigenvalue weighted by Crippen LogP contribution is 2.25. The van der Waals surface area contributed by atoms with Gasteiger partial charge in [-0.05, 0) is 24.3 Å². The van der Waals surface area contributed by atoms with E-state index in [1.165, 1.54) is 0 Å². The summed E-state index contributed by atoms with van der Waals surface area (Å²) in [4.78, 5) is 9.27. The van der Waals surface area contributed by atoms with E-state index in [2.05, 4.69) is 20.9 Å². The highest BCUT2D eigenvalue weighted by Gasteiger charge is 2.19. The lowest BCUT2D eigenvalue weighted by Crippen LogP contribution is -2.21. The first-order chi connectivity index (χ1) is 13.1. The third-order valence-corrected chi connectivity index (χ3v) is 5.21. The van der Waals surface area contributed by atoms with Crippen LogP contribution >= 0.6 is 0 Å². The maximum Gasteiger partial charge on any atom is 0.272 e. The number of hydrogen-bond donors (Lipinski definition) is 1. The molecule has 0 aliphatic rings. The molecule has 4 aromatic rings. The second kappa shape index (κ2) is 6.75. The van der Waals surface area contributed by atoms with E-state index in [1.54, 1.807) is 70.5 Å². The van der Waals surface area contributed by atoms with Crippen molar-refractivity contribution >= 4 is 33.1 Å². The molecule has 27 heavy (non-hydrogen) atoms. The van der Waals surface area contributed by atoms with Gasteiger partial charge < -0.3 is 0 Å². The lowest BCUT2D eigenvalue weighted by atomic mass is 10.3. The van der Waals surface area contributed by atoms with Crippen molar-refractivity contribution in [3.63, 3.8) is 0 Å². The summed E-state index contributed by atoms with van der Waals surface area (Å²) < 4.78 is 30.8. The number of imidazole rings is 1. The van der Waals surface area contributed by atoms with Crippen LogP contribution in [0.3, 0.4) is 0 Å². The van der Waals surface area contributed by atoms with Crippen molar-refractivity contribution < 1.29 is 13.3 Å². The van der Waals surface area contributed by atoms with E-state index in [4.69, 9.17) is 0 Å². The summed E-state index contributed by atoms with van der Waals surface area (Å²) >= 11 is 0. The van der Waals surface area contributed by atoms with E-state index in [0.717, 1.165) is 0 Å². The molecule has 0 radical (unpaired) electrons. The summed E-state index contributed by atoms with van der Waals surface area (Å²) in [5, 5.41) is 0. The Hall–Kier alpha value is -3.36. The highest BCUT2D eigenvalue weighted by atomic mass is 32.2. The van der Waals surface area contributed by atoms with Gasteiger partial charge in [0.15, 0.2) is 10.0 Å². The van der Waals surface area contributed by atoms with Gasteiger partial charge in [-0.1, -0.05) is 36.9 Å². The smallest absolute Gasteiger partial charge is 0.272 e. The van der Waals surface area contributed by atoms with Gasteiger partial charge in [-0.15, -0.1) is 4.36 Å². The summed E-state index contributed by atoms with van der Waals surface area (Å²) in [5.74, 6) is 0.434. The Labute approximate surface area is 156 Å². The van der Waals surface area contributed by atoms with E-state index in [9.17, 15) is 8.76 Å². The van der Waals surface area contributed by atoms with Crippen LogP contribution < -0.4 is 4.57 Å². The Morgan fingerprint density at radius 1 is 1.07 bits per heavy atom. The van der Waals surface area contributed by atoms with E-state index in [0.29, 0.717) is 16.9 Å². The molecular weight excluding hydrogens is 362 g/mol. The molecule has 2 aromatic heterocycles. The van der Waals surface area contributed by atoms with Crippen LogP contribution in [-0.4, -0.2) is 23.3 Å². The van der Waals surface area contributed by atoms with E-state index >= 15 is 0 Å². The van der Waals surface area contributed by atoms with Crippen molar-refractivity contribution in [2.24, 2.45) is 4.36 Å². The van der Waals surface area contributed by atoms with Crippen LogP contribution in [0.4, 0.5) is 5.82 Å². The minimum Gasteiger partial charge on any atom is -0.296 e. The largest absolute Gasteiger partial charge is 0.296 e. The fourth-order valence-corrected chi connectivity index (χ4v) is 3.56. The van der Waals surface area contributed by atoms with Gasteiger partial charge in [-0.25, -0.2) is 18.7 Å². The number of fused-ring (bicyclic) bond motifs is 1. The van der Waals surface area contributed by atoms with Crippen LogP contribution in [0.1, 0.15) is 0 Å². The van der Waals surface area contributed by atoms with Crippen molar-refractivity contribution in [1.29, 1.82) is 0 Å². The molecule has 8 heteroatoms. The molecule has 0 amide bonds. The molecule has 0 saturated heterocycles. The Morgan fingerprint density at radius 2 is 1.74 bits per heavy atom. The average molecular weight is 378 g/mol. The number of para-hydroxylation sites is 2. The van der Waals surface area contributed by atoms with Crippen molar-refractivity contribution in [3.8, 4) is 5.82 Å². The minimum atomic E-state index is -3.68. The molecule has 2 heterocycles. The van der Waals surface area contributed by atoms with Crippen molar-refractivity contribution in [3.05, 3.63) is 79.9 Å². The molecule has 4 rings (SSSR count). The number of hydrogen-bond acceptors (Lipinski definition) is 4. The number of benzene rings is 2. The molecule has 1 N–H and O–H groups in total. The van der Waals surface area contributed by atoms with Crippen LogP contribution in [0.25, 0.3) is 23.1 Å². The summed E-state index contributed by atoms with van der Waals surface area (Å²) in [7, 11) is -3.68. The molecule has 1 unspecified atom stereocenters. The lowest BCUT2D eigenvalue weighted by Gasteiger charge is -2.06. The normalized spacial score (nSPS) is 13.2. The van der Waals surface area contributed by atoms with Crippen molar-refractivity contribution in [1.82, 2.24) is 14.5 Å². The Bertz CT molecular complexity index is 1260. The topological polar surface area (TPSA) is 84.3 Å². The van der Waals surface area contributed by atoms with Gasteiger partial charge in [-0.2, -0.15) is 4.57 Å². The molecule has 0 saturated carbocycles. The van der Waals surface area contributed by atoms with Crippen LogP contribution in [0.2, 0.25) is 0 Å². The highest BCUT2D eigenvalue weighted by molar-refractivity contribution is 7.88. The predicted molar refractivity (Wildman–Crippen MR) is 103 cm³/mol. The van der Waals surface area contributed by atoms with Gasteiger partial charge in [0.25, 0.3) is 12.1 Å². The maximum absolute atomic E-state index is 12.8. The fraction of sp³-hybridized carbons (Fsp3) is 0. The Balaban J connectivity index is 1.98. The van der Waals surface area contributed by atoms with E-state index < -0.39 is 10.0 Å². The summed E-state index contributed by atoms with van der Waals surface area (Å²) in [6.45, 7) is 3.71. The van der Waals surface area contributed by atoms with Gasteiger partial charge >= 0.3 is 0 Å². The third kappa shape index (κ3) is 3.35. The first-order valence-electron chi connectivity index (χ1n) is 8.10. The van der Waals surface area contributed by atoms with Crippen LogP contribution in [0.5, 0.6) is 0 Å². The molecular formula is C19H16N5O2S+. The molecule has 7 nitrogen and oxygen atoms in total. The molecule has 0 aliphatic carbocycles. The Kier molecular flexibility index (Phi) is 4.27. The lowest BCUT2D eigenvalue weighted by molar-refractivity contribution is -0.566. The quantitative estimate of drug-likeness (QED) is 0.551. The SMILES string of the molecule is C=C[n+]1ccn(-c2nc3ccccc3nc2N=S(=O)(O)c2ccccc2)c1. The molecule has 2 aromatic carbocycles. The van der Waals surface area contributed by atoms with Crippen LogP contribution in [-0.2, 0) is 10.0 Å². The monoisotopic (exact) mass is 378 g/mol. The first-order valence-corrected chi connectivity index (χ1v) is 9.57. The second-order valence-electron chi connectivity index (χ2n) is 5.71. The summed E-state index contributed by atoms with van der Waals surface area (Å²) in [5.41, 5.74) is 1.25. The standard InChI is InChI=1S/C19H15N5O2S/c1-2-23-12-13-24(14-23)19-18(20-16-10-6-7-11-17(16)21-19)22-27(25,26)15-8-4-3-5-9-15/h2-14H,1H2/p+1. The van der Waals surface area contributed by atoms with Gasteiger partial charge in [0.05, 0.1) is 22.1 Å². The second-order valence-corrected chi connectivity index (χ2v) is 7.36. The zero-order chi connectivity index (χ0) is 18.9. The van der Waals surface area contributed by atoms with E-state index in [-0.39, 0.29) is 10.7 Å². The molecule has 0 fully saturated rings. The van der Waals surface area contributed by atoms with E-state index in [1.807, 2.05) is 18.2 Å². The number of aromatic nitrogens is 4. The van der Waals surface area contributed by atoms with Gasteiger partial charge in [-0.3, -0.25) is 4.55 Å². The Morgan fingerprint density at radius 3 is 2.41 bits per heavy atom. The van der Waals surface area contributed by atoms with Gasteiger partial charge in [0.2, 0.25) is 5.82 Å². The third-order valence-electron chi connectivity index (χ3n) is 3.91. The van der Waals surface area contributed by atoms with Crippen molar-refractivity contribution in [2.75, 3.05) is 0 Å². The van der Waals surface area contributed by atoms with Crippen LogP contribution in [0.15, 0.2) is 89.2 Å². The molecule has 0 bridgehead atoms. The maximum atomic E-state index is 12.8. The van der Waals surface area contributed by atoms with Crippen LogP contribution in [0, 0.1) is 0 Å². The van der Waals surface area contributed by atoms with Gasteiger partial charge in [0.1, 0.15) is 12.4 Å². The molecule has 0 spiro atoms. The zero-order valence-electron chi connectivity index (χ0n) is 14.2. The minimum absolute atomic E-state index is 0.0804. The zero-order valence-corrected chi connectivity index (χ0v) is 15.0. The summed E-state index contributed by atoms with van der Waals surface area (Å²) in [6.07, 6.45) is 6.88. The average Bonchev–Trinajstić information content (AvgIpc) is 3.17. The van der Waals surface area contributed by atoms with Gasteiger partial charge in [0, 0.05) is 0 Å². The molecule has 1 atom stereocenters. The molecule has 134 valence electrons. The number of nitrogens with zero attached hydrogens (tertiary/aromatic N) is 5. The fourth-order valence-electron chi connectivity index (χ4n) is 2.59. The molecule has 0 aliphatic heterocycles. The van der Waals surface area contributed by atoms with Crippen molar-refractivity contribution in [2.45, 2.75) is 4.90 Å². The predicted octanol–water partition coefficient (Wildman–Crippen LogP) is 3.44. The first kappa shape index (κ1) is 17.1.